The Hall–Kier alpha value is -1.43. The highest BCUT2D eigenvalue weighted by Crippen LogP contribution is 2.21. The Balaban J connectivity index is 1.90. The highest BCUT2D eigenvalue weighted by Gasteiger charge is 2.33. The number of carbonyl (C=O) groups is 3. The number of nitrogens with one attached hydrogen (secondary N) is 2. The molecule has 18 heavy (non-hydrogen) atoms. The summed E-state index contributed by atoms with van der Waals surface area (Å²) in [4.78, 5) is 34.6. The Labute approximate surface area is 105 Å². The maximum Gasteiger partial charge on any atom is 0.249 e. The first-order valence-corrected chi connectivity index (χ1v) is 6.29. The van der Waals surface area contributed by atoms with Gasteiger partial charge < -0.3 is 10.1 Å². The summed E-state index contributed by atoms with van der Waals surface area (Å²) in [6.45, 7) is 3.12. The minimum absolute atomic E-state index is 0.107. The van der Waals surface area contributed by atoms with Crippen molar-refractivity contribution in [1.29, 1.82) is 0 Å². The van der Waals surface area contributed by atoms with Crippen LogP contribution < -0.4 is 10.6 Å². The summed E-state index contributed by atoms with van der Waals surface area (Å²) < 4.78 is 5.28. The molecule has 3 atom stereocenters. The highest BCUT2D eigenvalue weighted by molar-refractivity contribution is 6.01. The zero-order valence-corrected chi connectivity index (χ0v) is 10.4. The lowest BCUT2D eigenvalue weighted by molar-refractivity contribution is -0.139. The van der Waals surface area contributed by atoms with Crippen molar-refractivity contribution < 1.29 is 19.1 Å². The average Bonchev–Trinajstić information content (AvgIpc) is 2.33. The van der Waals surface area contributed by atoms with Gasteiger partial charge in [0.1, 0.15) is 6.04 Å². The summed E-state index contributed by atoms with van der Waals surface area (Å²) in [6, 6.07) is -0.578. The van der Waals surface area contributed by atoms with E-state index in [4.69, 9.17) is 4.74 Å². The van der Waals surface area contributed by atoms with Crippen molar-refractivity contribution >= 4 is 17.7 Å². The fraction of sp³-hybridized carbons (Fsp3) is 0.750. The van der Waals surface area contributed by atoms with Crippen LogP contribution in [0.5, 0.6) is 0 Å². The van der Waals surface area contributed by atoms with Gasteiger partial charge in [0, 0.05) is 25.6 Å². The van der Waals surface area contributed by atoms with E-state index >= 15 is 0 Å². The predicted molar refractivity (Wildman–Crippen MR) is 62.4 cm³/mol. The van der Waals surface area contributed by atoms with Crippen LogP contribution in [0.15, 0.2) is 0 Å². The van der Waals surface area contributed by atoms with Crippen LogP contribution in [0.3, 0.4) is 0 Å². The van der Waals surface area contributed by atoms with Gasteiger partial charge in [0.25, 0.3) is 0 Å². The summed E-state index contributed by atoms with van der Waals surface area (Å²) >= 11 is 0. The van der Waals surface area contributed by atoms with Gasteiger partial charge in [0.2, 0.25) is 17.7 Å². The second-order valence-electron chi connectivity index (χ2n) is 4.96. The topological polar surface area (TPSA) is 84.5 Å². The quantitative estimate of drug-likeness (QED) is 0.655. The number of hydrogen-bond acceptors (Lipinski definition) is 4. The lowest BCUT2D eigenvalue weighted by atomic mass is 9.88. The van der Waals surface area contributed by atoms with Crippen LogP contribution >= 0.6 is 0 Å². The number of ether oxygens (including phenoxy) is 1. The molecule has 2 saturated heterocycles. The summed E-state index contributed by atoms with van der Waals surface area (Å²) in [7, 11) is 0. The number of carbonyl (C=O) groups excluding carboxylic acids is 3. The smallest absolute Gasteiger partial charge is 0.249 e. The molecule has 2 aliphatic rings. The molecule has 2 aliphatic heterocycles. The molecule has 3 amide bonds. The Morgan fingerprint density at radius 1 is 1.39 bits per heavy atom. The molecule has 0 aromatic carbocycles. The van der Waals surface area contributed by atoms with E-state index in [0.29, 0.717) is 26.1 Å². The van der Waals surface area contributed by atoms with Crippen molar-refractivity contribution in [3.8, 4) is 0 Å². The van der Waals surface area contributed by atoms with E-state index in [9.17, 15) is 14.4 Å². The van der Waals surface area contributed by atoms with Crippen LogP contribution in [0.2, 0.25) is 0 Å². The van der Waals surface area contributed by atoms with Gasteiger partial charge in [0.15, 0.2) is 0 Å². The molecule has 2 fully saturated rings. The van der Waals surface area contributed by atoms with E-state index in [0.717, 1.165) is 0 Å². The van der Waals surface area contributed by atoms with Crippen LogP contribution in [0.25, 0.3) is 0 Å². The molecule has 2 heterocycles. The number of imide groups is 1. The molecular formula is C12H18N2O4. The summed E-state index contributed by atoms with van der Waals surface area (Å²) in [6.07, 6.45) is 1.34. The lowest BCUT2D eigenvalue weighted by Gasteiger charge is -2.30. The molecule has 3 unspecified atom stereocenters. The third-order valence-electron chi connectivity index (χ3n) is 3.53. The van der Waals surface area contributed by atoms with Crippen LogP contribution in [0.1, 0.15) is 26.2 Å². The van der Waals surface area contributed by atoms with Crippen LogP contribution in [-0.4, -0.2) is 37.0 Å². The molecule has 6 nitrogen and oxygen atoms in total. The van der Waals surface area contributed by atoms with Crippen LogP contribution in [0.4, 0.5) is 0 Å². The van der Waals surface area contributed by atoms with Gasteiger partial charge in [-0.15, -0.1) is 0 Å². The van der Waals surface area contributed by atoms with Crippen molar-refractivity contribution in [2.75, 3.05) is 13.2 Å². The van der Waals surface area contributed by atoms with Gasteiger partial charge >= 0.3 is 0 Å². The number of hydrogen-bond donors (Lipinski definition) is 2. The largest absolute Gasteiger partial charge is 0.381 e. The molecule has 0 bridgehead atoms. The maximum absolute atomic E-state index is 12.1. The number of amides is 3. The van der Waals surface area contributed by atoms with E-state index in [-0.39, 0.29) is 30.1 Å². The first-order chi connectivity index (χ1) is 8.58. The molecule has 0 radical (unpaired) electrons. The fourth-order valence-corrected chi connectivity index (χ4v) is 2.38. The van der Waals surface area contributed by atoms with E-state index in [1.807, 2.05) is 6.92 Å². The fourth-order valence-electron chi connectivity index (χ4n) is 2.38. The third kappa shape index (κ3) is 2.87. The normalized spacial score (nSPS) is 32.8. The molecule has 2 N–H and O–H groups in total. The molecule has 2 rings (SSSR count). The van der Waals surface area contributed by atoms with Gasteiger partial charge in [-0.2, -0.15) is 0 Å². The molecule has 6 heteroatoms. The third-order valence-corrected chi connectivity index (χ3v) is 3.53. The first-order valence-electron chi connectivity index (χ1n) is 6.29. The summed E-state index contributed by atoms with van der Waals surface area (Å²) in [5.74, 6) is -0.735. The Morgan fingerprint density at radius 3 is 2.83 bits per heavy atom. The van der Waals surface area contributed by atoms with Crippen molar-refractivity contribution in [2.45, 2.75) is 32.2 Å². The molecule has 0 spiro atoms. The van der Waals surface area contributed by atoms with Gasteiger partial charge in [-0.3, -0.25) is 19.7 Å². The molecular weight excluding hydrogens is 236 g/mol. The average molecular weight is 254 g/mol. The molecule has 0 aromatic heterocycles. The monoisotopic (exact) mass is 254 g/mol. The number of piperidine rings is 1. The van der Waals surface area contributed by atoms with Gasteiger partial charge in [-0.1, -0.05) is 6.92 Å². The zero-order valence-electron chi connectivity index (χ0n) is 10.4. The Bertz CT molecular complexity index is 369. The van der Waals surface area contributed by atoms with Crippen molar-refractivity contribution in [3.05, 3.63) is 0 Å². The molecule has 0 aromatic rings. The minimum atomic E-state index is -0.578. The number of rotatable bonds is 2. The van der Waals surface area contributed by atoms with E-state index in [1.165, 1.54) is 0 Å². The van der Waals surface area contributed by atoms with Crippen LogP contribution in [-0.2, 0) is 19.1 Å². The lowest BCUT2D eigenvalue weighted by Crippen LogP contribution is -2.54. The van der Waals surface area contributed by atoms with Gasteiger partial charge in [-0.05, 0) is 18.8 Å². The first kappa shape index (κ1) is 13.0. The van der Waals surface area contributed by atoms with Crippen molar-refractivity contribution in [1.82, 2.24) is 10.6 Å². The predicted octanol–water partition coefficient (Wildman–Crippen LogP) is -0.420. The maximum atomic E-state index is 12.1. The summed E-state index contributed by atoms with van der Waals surface area (Å²) in [5, 5.41) is 4.96. The van der Waals surface area contributed by atoms with Crippen LogP contribution in [0, 0.1) is 11.8 Å². The van der Waals surface area contributed by atoms with Crippen molar-refractivity contribution in [2.24, 2.45) is 11.8 Å². The summed E-state index contributed by atoms with van der Waals surface area (Å²) in [5.41, 5.74) is 0. The molecule has 100 valence electrons. The Kier molecular flexibility index (Phi) is 3.96. The SMILES string of the molecule is CC1COCCC1C(=O)NC1CCC(=O)NC1=O. The van der Waals surface area contributed by atoms with Gasteiger partial charge in [-0.25, -0.2) is 0 Å². The van der Waals surface area contributed by atoms with E-state index in [2.05, 4.69) is 10.6 Å². The second kappa shape index (κ2) is 5.48. The second-order valence-corrected chi connectivity index (χ2v) is 4.96. The minimum Gasteiger partial charge on any atom is -0.381 e. The van der Waals surface area contributed by atoms with Crippen molar-refractivity contribution in [3.63, 3.8) is 0 Å². The zero-order chi connectivity index (χ0) is 13.1. The molecule has 0 saturated carbocycles. The Morgan fingerprint density at radius 2 is 2.17 bits per heavy atom. The van der Waals surface area contributed by atoms with Gasteiger partial charge in [0.05, 0.1) is 0 Å². The van der Waals surface area contributed by atoms with E-state index < -0.39 is 11.9 Å². The highest BCUT2D eigenvalue weighted by atomic mass is 16.5. The standard InChI is InChI=1S/C12H18N2O4/c1-7-6-18-5-4-8(7)11(16)13-9-2-3-10(15)14-12(9)17/h7-9H,2-6H2,1H3,(H,13,16)(H,14,15,17). The van der Waals surface area contributed by atoms with E-state index in [1.54, 1.807) is 0 Å². The molecule has 0 aliphatic carbocycles.